The van der Waals surface area contributed by atoms with Gasteiger partial charge in [0.2, 0.25) is 5.91 Å². The molecule has 2 fully saturated rings. The molecule has 2 aromatic carbocycles. The van der Waals surface area contributed by atoms with Crippen molar-refractivity contribution in [2.24, 2.45) is 5.92 Å². The Morgan fingerprint density at radius 3 is 2.66 bits per heavy atom. The number of amides is 1. The molecule has 2 saturated heterocycles. The molecule has 3 aliphatic rings. The highest BCUT2D eigenvalue weighted by atomic mass is 79.9. The number of anilines is 1. The van der Waals surface area contributed by atoms with Gasteiger partial charge in [0.25, 0.3) is 0 Å². The van der Waals surface area contributed by atoms with Gasteiger partial charge in [-0.25, -0.2) is 4.39 Å². The smallest absolute Gasteiger partial charge is 0.246 e. The highest BCUT2D eigenvalue weighted by molar-refractivity contribution is 9.10. The molecule has 5 nitrogen and oxygen atoms in total. The molecule has 3 aliphatic heterocycles. The summed E-state index contributed by atoms with van der Waals surface area (Å²) in [5.74, 6) is -0.134. The number of piperidine rings is 2. The lowest BCUT2D eigenvalue weighted by molar-refractivity contribution is -0.128. The average Bonchev–Trinajstić information content (AvgIpc) is 3.24. The van der Waals surface area contributed by atoms with E-state index in [-0.39, 0.29) is 29.2 Å². The summed E-state index contributed by atoms with van der Waals surface area (Å²) in [6, 6.07) is 13.4. The molecule has 0 radical (unpaired) electrons. The van der Waals surface area contributed by atoms with Crippen molar-refractivity contribution in [2.45, 2.75) is 37.2 Å². The highest BCUT2D eigenvalue weighted by Gasteiger charge is 2.41. The molecule has 1 amide bonds. The van der Waals surface area contributed by atoms with E-state index < -0.39 is 0 Å². The molecular formula is C28H33BrFN3O2. The van der Waals surface area contributed by atoms with Crippen LogP contribution < -0.4 is 5.32 Å². The summed E-state index contributed by atoms with van der Waals surface area (Å²) in [6.45, 7) is 5.06. The van der Waals surface area contributed by atoms with Crippen molar-refractivity contribution in [2.75, 3.05) is 44.6 Å². The Hall–Kier alpha value is -2.22. The van der Waals surface area contributed by atoms with Gasteiger partial charge in [-0.05, 0) is 96.0 Å². The first-order chi connectivity index (χ1) is 16.9. The van der Waals surface area contributed by atoms with Crippen LogP contribution in [0.5, 0.6) is 0 Å². The number of aliphatic hydroxyl groups is 1. The lowest BCUT2D eigenvalue weighted by Gasteiger charge is -2.41. The average molecular weight is 542 g/mol. The molecule has 1 spiro atoms. The van der Waals surface area contributed by atoms with E-state index in [0.29, 0.717) is 24.1 Å². The molecule has 186 valence electrons. The Bertz CT molecular complexity index is 1090. The van der Waals surface area contributed by atoms with Gasteiger partial charge in [0.05, 0.1) is 10.6 Å². The summed E-state index contributed by atoms with van der Waals surface area (Å²) < 4.78 is 13.8. The highest BCUT2D eigenvalue weighted by Crippen LogP contribution is 2.43. The third-order valence-electron chi connectivity index (χ3n) is 8.13. The number of hydrogen-bond donors (Lipinski definition) is 2. The van der Waals surface area contributed by atoms with Crippen LogP contribution in [0.4, 0.5) is 10.1 Å². The van der Waals surface area contributed by atoms with Crippen molar-refractivity contribution < 1.29 is 14.3 Å². The van der Waals surface area contributed by atoms with Crippen LogP contribution in [-0.2, 0) is 10.2 Å². The minimum atomic E-state index is -0.359. The number of carbonyl (C=O) groups is 1. The molecule has 2 N–H and O–H groups in total. The number of fused-ring (bicyclic) bond motifs is 2. The van der Waals surface area contributed by atoms with E-state index in [1.807, 2.05) is 4.90 Å². The number of likely N-dealkylation sites (tertiary alicyclic amines) is 2. The van der Waals surface area contributed by atoms with Crippen LogP contribution in [0.2, 0.25) is 0 Å². The van der Waals surface area contributed by atoms with Crippen LogP contribution in [0.3, 0.4) is 0 Å². The SMILES string of the molecule is O=C(C=Cc1ccc(F)c(Br)c1)N1CCC(C(O)CN2CCC3(CC2)CNc2ccccc23)CC1. The zero-order valence-electron chi connectivity index (χ0n) is 19.9. The quantitative estimate of drug-likeness (QED) is 0.540. The maximum absolute atomic E-state index is 13.4. The Kier molecular flexibility index (Phi) is 7.28. The summed E-state index contributed by atoms with van der Waals surface area (Å²) in [5, 5.41) is 14.5. The normalized spacial score (nSPS) is 21.3. The van der Waals surface area contributed by atoms with Gasteiger partial charge in [-0.1, -0.05) is 24.3 Å². The van der Waals surface area contributed by atoms with E-state index in [1.54, 1.807) is 24.3 Å². The van der Waals surface area contributed by atoms with E-state index in [1.165, 1.54) is 17.3 Å². The predicted molar refractivity (Wildman–Crippen MR) is 141 cm³/mol. The molecule has 5 rings (SSSR count). The molecule has 1 unspecified atom stereocenters. The molecule has 2 aromatic rings. The van der Waals surface area contributed by atoms with Gasteiger partial charge in [-0.2, -0.15) is 0 Å². The van der Waals surface area contributed by atoms with Gasteiger partial charge in [0, 0.05) is 43.4 Å². The van der Waals surface area contributed by atoms with Gasteiger partial charge in [0.15, 0.2) is 0 Å². The second-order valence-corrected chi connectivity index (χ2v) is 11.1. The van der Waals surface area contributed by atoms with Crippen LogP contribution in [0.25, 0.3) is 6.08 Å². The number of para-hydroxylation sites is 1. The number of benzene rings is 2. The fraction of sp³-hybridized carbons (Fsp3) is 0.464. The topological polar surface area (TPSA) is 55.8 Å². The minimum absolute atomic E-state index is 0.0369. The van der Waals surface area contributed by atoms with Crippen LogP contribution in [0, 0.1) is 11.7 Å². The van der Waals surface area contributed by atoms with Crippen molar-refractivity contribution in [3.8, 4) is 0 Å². The molecule has 35 heavy (non-hydrogen) atoms. The van der Waals surface area contributed by atoms with E-state index in [0.717, 1.165) is 50.9 Å². The number of nitrogens with one attached hydrogen (secondary N) is 1. The van der Waals surface area contributed by atoms with Crippen LogP contribution in [0.15, 0.2) is 53.0 Å². The minimum Gasteiger partial charge on any atom is -0.392 e. The lowest BCUT2D eigenvalue weighted by Crippen LogP contribution is -2.48. The number of rotatable bonds is 5. The second-order valence-electron chi connectivity index (χ2n) is 10.2. The predicted octanol–water partition coefficient (Wildman–Crippen LogP) is 4.66. The molecule has 0 bridgehead atoms. The molecule has 0 saturated carbocycles. The van der Waals surface area contributed by atoms with Gasteiger partial charge < -0.3 is 20.2 Å². The fourth-order valence-electron chi connectivity index (χ4n) is 5.88. The van der Waals surface area contributed by atoms with Crippen molar-refractivity contribution in [3.05, 3.63) is 70.0 Å². The maximum Gasteiger partial charge on any atom is 0.246 e. The van der Waals surface area contributed by atoms with Gasteiger partial charge in [-0.3, -0.25) is 4.79 Å². The standard InChI is InChI=1S/C28H33BrFN3O2/c29-23-17-20(5-7-24(23)30)6-8-27(35)33-13-9-21(10-14-33)26(34)18-32-15-11-28(12-16-32)19-31-25-4-2-1-3-22(25)28/h1-8,17,21,26,31,34H,9-16,18-19H2. The van der Waals surface area contributed by atoms with Crippen molar-refractivity contribution in [1.29, 1.82) is 0 Å². The lowest BCUT2D eigenvalue weighted by atomic mass is 9.74. The van der Waals surface area contributed by atoms with E-state index in [2.05, 4.69) is 50.4 Å². The second kappa shape index (κ2) is 10.4. The monoisotopic (exact) mass is 541 g/mol. The Balaban J connectivity index is 1.07. The number of β-amino-alcohol motifs (C(OH)–C–C–N with tert-alkyl or cyclic N) is 1. The third-order valence-corrected chi connectivity index (χ3v) is 8.74. The maximum atomic E-state index is 13.4. The van der Waals surface area contributed by atoms with Gasteiger partial charge in [0.1, 0.15) is 5.82 Å². The zero-order valence-corrected chi connectivity index (χ0v) is 21.5. The summed E-state index contributed by atoms with van der Waals surface area (Å²) in [7, 11) is 0. The first-order valence-electron chi connectivity index (χ1n) is 12.6. The van der Waals surface area contributed by atoms with Gasteiger partial charge >= 0.3 is 0 Å². The first kappa shape index (κ1) is 24.5. The van der Waals surface area contributed by atoms with Crippen LogP contribution in [0.1, 0.15) is 36.8 Å². The van der Waals surface area contributed by atoms with E-state index in [9.17, 15) is 14.3 Å². The summed E-state index contributed by atoms with van der Waals surface area (Å²) in [6.07, 6.45) is 6.78. The number of aliphatic hydroxyl groups excluding tert-OH is 1. The van der Waals surface area contributed by atoms with Crippen molar-refractivity contribution in [3.63, 3.8) is 0 Å². The van der Waals surface area contributed by atoms with Gasteiger partial charge in [-0.15, -0.1) is 0 Å². The number of carbonyl (C=O) groups excluding carboxylic acids is 1. The molecule has 7 heteroatoms. The molecular weight excluding hydrogens is 509 g/mol. The largest absolute Gasteiger partial charge is 0.392 e. The number of hydrogen-bond acceptors (Lipinski definition) is 4. The van der Waals surface area contributed by atoms with Crippen molar-refractivity contribution >= 4 is 33.6 Å². The summed E-state index contributed by atoms with van der Waals surface area (Å²) in [5.41, 5.74) is 3.75. The zero-order chi connectivity index (χ0) is 24.4. The molecule has 1 atom stereocenters. The fourth-order valence-corrected chi connectivity index (χ4v) is 6.27. The Morgan fingerprint density at radius 2 is 1.91 bits per heavy atom. The Labute approximate surface area is 215 Å². The Morgan fingerprint density at radius 1 is 1.17 bits per heavy atom. The third kappa shape index (κ3) is 5.32. The van der Waals surface area contributed by atoms with Crippen LogP contribution >= 0.6 is 15.9 Å². The molecule has 0 aliphatic carbocycles. The molecule has 0 aromatic heterocycles. The van der Waals surface area contributed by atoms with Crippen molar-refractivity contribution in [1.82, 2.24) is 9.80 Å². The summed E-state index contributed by atoms with van der Waals surface area (Å²) >= 11 is 3.17. The van der Waals surface area contributed by atoms with E-state index in [4.69, 9.17) is 0 Å². The molecule has 3 heterocycles. The van der Waals surface area contributed by atoms with Crippen LogP contribution in [-0.4, -0.2) is 66.2 Å². The number of halogens is 2. The number of nitrogens with zero attached hydrogens (tertiary/aromatic N) is 2. The first-order valence-corrected chi connectivity index (χ1v) is 13.4. The summed E-state index contributed by atoms with van der Waals surface area (Å²) in [4.78, 5) is 16.9. The van der Waals surface area contributed by atoms with E-state index >= 15 is 0 Å².